The van der Waals surface area contributed by atoms with Crippen LogP contribution >= 0.6 is 11.3 Å². The summed E-state index contributed by atoms with van der Waals surface area (Å²) in [5, 5.41) is 41.6. The predicted molar refractivity (Wildman–Crippen MR) is 290 cm³/mol. The quantitative estimate of drug-likeness (QED) is 0.0736. The van der Waals surface area contributed by atoms with E-state index in [4.69, 9.17) is 24.5 Å². The van der Waals surface area contributed by atoms with Gasteiger partial charge in [0.2, 0.25) is 17.7 Å². The number of amides is 2. The number of hydrogen-bond acceptors (Lipinski definition) is 20. The molecule has 4 fully saturated rings. The number of nitrogens with two attached hydrogens (primary N) is 1. The molecule has 5 N–H and O–H groups in total. The number of para-hydroxylation sites is 1. The van der Waals surface area contributed by atoms with Gasteiger partial charge in [-0.2, -0.15) is 5.10 Å². The Bertz CT molecular complexity index is 3200. The number of anilines is 2. The maximum absolute atomic E-state index is 14.2. The fourth-order valence-corrected chi connectivity index (χ4v) is 11.9. The average molecular weight is 1080 g/mol. The smallest absolute Gasteiger partial charge is 0.254 e. The van der Waals surface area contributed by atoms with Crippen LogP contribution in [-0.2, 0) is 14.3 Å². The molecule has 22 nitrogen and oxygen atoms in total. The zero-order valence-corrected chi connectivity index (χ0v) is 45.0. The summed E-state index contributed by atoms with van der Waals surface area (Å²) in [7, 11) is 0. The molecule has 0 bridgehead atoms. The van der Waals surface area contributed by atoms with E-state index in [1.807, 2.05) is 68.9 Å². The van der Waals surface area contributed by atoms with Gasteiger partial charge in [-0.05, 0) is 74.9 Å². The van der Waals surface area contributed by atoms with Crippen LogP contribution in [0.4, 0.5) is 11.5 Å². The second-order valence-corrected chi connectivity index (χ2v) is 22.1. The molecule has 23 heteroatoms. The molecule has 4 atom stereocenters. The molecule has 2 amide bonds. The number of carbonyl (C=O) groups is 2. The highest BCUT2D eigenvalue weighted by atomic mass is 32.1. The first-order valence-electron chi connectivity index (χ1n) is 27.0. The SMILES string of the molecule is Cc1ncsc1-c1cnc([C@H](C)NC(=O)[C@@H]2C[C@@H](O)CN2C(=O)C(c2cc(OCCN3CCC(OC4CC(Oc5cc(N6CCC(n7nc(N)c8nnc(-c9ccccc9O)cc87)CC6)ccn5)C4)CC3)no2)C(C)C)cn1. The van der Waals surface area contributed by atoms with Crippen LogP contribution in [0.15, 0.2) is 77.2 Å². The summed E-state index contributed by atoms with van der Waals surface area (Å²) in [5.74, 6) is 0.0814. The van der Waals surface area contributed by atoms with Crippen molar-refractivity contribution in [1.82, 2.24) is 60.2 Å². The first-order valence-corrected chi connectivity index (χ1v) is 27.9. The van der Waals surface area contributed by atoms with Gasteiger partial charge in [-0.3, -0.25) is 29.1 Å². The molecule has 7 aromatic rings. The number of benzene rings is 1. The van der Waals surface area contributed by atoms with Gasteiger partial charge >= 0.3 is 0 Å². The van der Waals surface area contributed by atoms with Crippen molar-refractivity contribution in [2.24, 2.45) is 5.92 Å². The Morgan fingerprint density at radius 2 is 1.71 bits per heavy atom. The Kier molecular flexibility index (Phi) is 15.5. The van der Waals surface area contributed by atoms with Crippen molar-refractivity contribution in [2.75, 3.05) is 56.5 Å². The Morgan fingerprint density at radius 3 is 2.45 bits per heavy atom. The Balaban J connectivity index is 0.593. The highest BCUT2D eigenvalue weighted by Gasteiger charge is 2.44. The molecule has 1 unspecified atom stereocenters. The van der Waals surface area contributed by atoms with E-state index < -0.39 is 24.1 Å². The van der Waals surface area contributed by atoms with Gasteiger partial charge in [0.15, 0.2) is 17.1 Å². The number of ether oxygens (including phenoxy) is 3. The van der Waals surface area contributed by atoms with Crippen LogP contribution in [0.5, 0.6) is 17.5 Å². The van der Waals surface area contributed by atoms with E-state index in [-0.39, 0.29) is 66.7 Å². The molecule has 78 heavy (non-hydrogen) atoms. The van der Waals surface area contributed by atoms with Crippen molar-refractivity contribution in [1.29, 1.82) is 0 Å². The second-order valence-electron chi connectivity index (χ2n) is 21.2. The number of phenols is 1. The number of aliphatic hydroxyl groups is 1. The Hall–Kier alpha value is -7.34. The van der Waals surface area contributed by atoms with Crippen molar-refractivity contribution in [3.63, 3.8) is 0 Å². The van der Waals surface area contributed by atoms with Gasteiger partial charge in [0.25, 0.3) is 5.88 Å². The maximum Gasteiger partial charge on any atom is 0.254 e. The van der Waals surface area contributed by atoms with Crippen LogP contribution < -0.4 is 25.4 Å². The number of aliphatic hydroxyl groups excluding tert-OH is 1. The summed E-state index contributed by atoms with van der Waals surface area (Å²) in [6.45, 7) is 12.1. The molecular weight excluding hydrogens is 1020 g/mol. The standard InChI is InChI=1S/C55H66N14O8S/c1-31(2)50(55(73)68-29-36(70)22-45(68)54(72)61-32(3)42-27-59-43(28-58-42)52-33(4)60-30-78-52)47-26-49(65-77-47)74-20-19-66-15-12-37(13-16-66)75-38-23-39(24-38)76-48-21-35(9-14-57-48)67-17-10-34(11-18-67)69-44-25-41(40-7-5-6-8-46(40)71)62-63-51(44)53(56)64-69/h5-9,14,21,25-28,30-32,34,36-39,45,50,70-71H,10-13,15-20,22-24,29H2,1-4H3,(H2,56,64)(H,61,72)/t32-,36+,38?,39?,45-,50?/m0/s1. The number of aryl methyl sites for hydroxylation is 1. The van der Waals surface area contributed by atoms with E-state index in [1.54, 1.807) is 36.1 Å². The number of nitrogens with one attached hydrogen (secondary N) is 1. The molecule has 1 aliphatic carbocycles. The average Bonchev–Trinajstić information content (AvgIpc) is 4.32. The molecule has 3 aliphatic heterocycles. The lowest BCUT2D eigenvalue weighted by Gasteiger charge is -2.39. The molecule has 410 valence electrons. The minimum absolute atomic E-state index is 0.0234. The molecule has 0 radical (unpaired) electrons. The van der Waals surface area contributed by atoms with Crippen LogP contribution in [0.1, 0.15) is 101 Å². The lowest BCUT2D eigenvalue weighted by molar-refractivity contribution is -0.141. The number of β-amino-alcohol motifs (C(OH)–C–C–N with tert-alkyl or cyclic N) is 1. The highest BCUT2D eigenvalue weighted by Crippen LogP contribution is 2.37. The minimum Gasteiger partial charge on any atom is -0.507 e. The van der Waals surface area contributed by atoms with Gasteiger partial charge in [-0.15, -0.1) is 21.5 Å². The van der Waals surface area contributed by atoms with E-state index in [1.165, 1.54) is 16.2 Å². The normalized spacial score (nSPS) is 21.2. The molecule has 11 rings (SSSR count). The number of phenolic OH excluding ortho intramolecular Hbond substituents is 1. The number of pyridine rings is 1. The predicted octanol–water partition coefficient (Wildman–Crippen LogP) is 6.28. The fourth-order valence-electron chi connectivity index (χ4n) is 11.1. The number of hydrogen-bond donors (Lipinski definition) is 4. The monoisotopic (exact) mass is 1080 g/mol. The van der Waals surface area contributed by atoms with Gasteiger partial charge in [0.1, 0.15) is 36.1 Å². The van der Waals surface area contributed by atoms with Crippen molar-refractivity contribution >= 4 is 45.7 Å². The summed E-state index contributed by atoms with van der Waals surface area (Å²) >= 11 is 1.49. The van der Waals surface area contributed by atoms with Gasteiger partial charge in [-0.25, -0.2) is 9.97 Å². The van der Waals surface area contributed by atoms with E-state index in [0.29, 0.717) is 58.8 Å². The van der Waals surface area contributed by atoms with Gasteiger partial charge in [-0.1, -0.05) is 26.0 Å². The summed E-state index contributed by atoms with van der Waals surface area (Å²) in [4.78, 5) is 52.9. The second kappa shape index (κ2) is 22.9. The molecule has 9 heterocycles. The number of nitrogen functional groups attached to an aromatic ring is 1. The van der Waals surface area contributed by atoms with E-state index in [2.05, 4.69) is 55.5 Å². The third-order valence-electron chi connectivity index (χ3n) is 15.5. The van der Waals surface area contributed by atoms with Crippen molar-refractivity contribution in [2.45, 2.75) is 121 Å². The maximum atomic E-state index is 14.2. The third kappa shape index (κ3) is 11.5. The molecule has 4 aliphatic rings. The first kappa shape index (κ1) is 52.7. The zero-order valence-electron chi connectivity index (χ0n) is 44.2. The zero-order chi connectivity index (χ0) is 54.0. The van der Waals surface area contributed by atoms with E-state index in [0.717, 1.165) is 86.5 Å². The number of piperidine rings is 2. The van der Waals surface area contributed by atoms with Crippen LogP contribution in [-0.4, -0.2) is 153 Å². The lowest BCUT2D eigenvalue weighted by atomic mass is 9.91. The van der Waals surface area contributed by atoms with Crippen molar-refractivity contribution in [3.8, 4) is 39.3 Å². The largest absolute Gasteiger partial charge is 0.507 e. The summed E-state index contributed by atoms with van der Waals surface area (Å²) in [5.41, 5.74) is 13.8. The van der Waals surface area contributed by atoms with Gasteiger partial charge in [0, 0.05) is 88.1 Å². The number of nitrogens with zero attached hydrogens (tertiary/aromatic N) is 12. The number of fused-ring (bicyclic) bond motifs is 1. The van der Waals surface area contributed by atoms with Crippen LogP contribution in [0.25, 0.3) is 32.9 Å². The van der Waals surface area contributed by atoms with Crippen molar-refractivity contribution in [3.05, 3.63) is 89.8 Å². The number of aromatic nitrogens is 9. The van der Waals surface area contributed by atoms with Crippen LogP contribution in [0.2, 0.25) is 0 Å². The molecular formula is C55H66N14O8S. The van der Waals surface area contributed by atoms with E-state index >= 15 is 0 Å². The minimum atomic E-state index is -0.879. The topological polar surface area (TPSA) is 271 Å². The number of carbonyl (C=O) groups excluding carboxylic acids is 2. The third-order valence-corrected chi connectivity index (χ3v) is 16.5. The van der Waals surface area contributed by atoms with Gasteiger partial charge in [0.05, 0.1) is 75.8 Å². The van der Waals surface area contributed by atoms with E-state index in [9.17, 15) is 19.8 Å². The summed E-state index contributed by atoms with van der Waals surface area (Å²) < 4.78 is 26.6. The Labute approximate surface area is 455 Å². The molecule has 6 aromatic heterocycles. The highest BCUT2D eigenvalue weighted by molar-refractivity contribution is 7.13. The first-order chi connectivity index (χ1) is 37.8. The number of aromatic hydroxyl groups is 1. The molecule has 3 saturated heterocycles. The Morgan fingerprint density at radius 1 is 0.897 bits per heavy atom. The molecule has 0 spiro atoms. The van der Waals surface area contributed by atoms with Crippen molar-refractivity contribution < 1.29 is 38.5 Å². The number of likely N-dealkylation sites (tertiary alicyclic amines) is 2. The van der Waals surface area contributed by atoms with Crippen LogP contribution in [0.3, 0.4) is 0 Å². The molecule has 1 aromatic carbocycles. The summed E-state index contributed by atoms with van der Waals surface area (Å²) in [6, 6.07) is 13.5. The number of rotatable bonds is 18. The fraction of sp³-hybridized carbons (Fsp3) is 0.491. The number of thiazole rings is 1. The van der Waals surface area contributed by atoms with Crippen LogP contribution in [0, 0.1) is 12.8 Å². The lowest BCUT2D eigenvalue weighted by Crippen LogP contribution is -2.48. The summed E-state index contributed by atoms with van der Waals surface area (Å²) in [6.07, 6.45) is 9.94. The molecule has 1 saturated carbocycles. The van der Waals surface area contributed by atoms with Gasteiger partial charge < -0.3 is 49.8 Å².